The van der Waals surface area contributed by atoms with Crippen LogP contribution in [0.15, 0.2) is 22.9 Å². The van der Waals surface area contributed by atoms with E-state index in [0.29, 0.717) is 10.3 Å². The van der Waals surface area contributed by atoms with Crippen molar-refractivity contribution in [1.82, 2.24) is 4.98 Å². The van der Waals surface area contributed by atoms with Crippen LogP contribution < -0.4 is 4.90 Å². The van der Waals surface area contributed by atoms with Gasteiger partial charge in [0.05, 0.1) is 13.0 Å². The number of hydrogen-bond donors (Lipinski definition) is 0. The van der Waals surface area contributed by atoms with Gasteiger partial charge in [-0.2, -0.15) is 0 Å². The van der Waals surface area contributed by atoms with E-state index in [0.717, 1.165) is 0 Å². The van der Waals surface area contributed by atoms with Gasteiger partial charge in [0.15, 0.2) is 5.78 Å². The number of nitrogens with zero attached hydrogens (tertiary/aromatic N) is 2. The third-order valence-electron chi connectivity index (χ3n) is 2.01. The molecular weight excluding hydrogens is 248 g/mol. The first-order chi connectivity index (χ1) is 6.66. The number of aromatic nitrogens is 1. The number of amides is 1. The third-order valence-corrected chi connectivity index (χ3v) is 2.44. The zero-order valence-electron chi connectivity index (χ0n) is 7.24. The summed E-state index contributed by atoms with van der Waals surface area (Å²) in [5, 5.41) is 0. The molecule has 1 fully saturated rings. The molecule has 0 spiro atoms. The van der Waals surface area contributed by atoms with E-state index in [2.05, 4.69) is 20.9 Å². The molecule has 2 rings (SSSR count). The van der Waals surface area contributed by atoms with Gasteiger partial charge in [-0.3, -0.25) is 9.59 Å². The van der Waals surface area contributed by atoms with Gasteiger partial charge in [-0.15, -0.1) is 0 Å². The van der Waals surface area contributed by atoms with Crippen LogP contribution in [-0.4, -0.2) is 23.2 Å². The van der Waals surface area contributed by atoms with Gasteiger partial charge in [0.2, 0.25) is 5.91 Å². The summed E-state index contributed by atoms with van der Waals surface area (Å²) < 4.78 is 0.655. The Morgan fingerprint density at radius 1 is 1.43 bits per heavy atom. The van der Waals surface area contributed by atoms with Crippen LogP contribution in [0.2, 0.25) is 0 Å². The van der Waals surface area contributed by atoms with Crippen LogP contribution in [0.5, 0.6) is 0 Å². The van der Waals surface area contributed by atoms with Crippen LogP contribution in [0, 0.1) is 0 Å². The predicted molar refractivity (Wildman–Crippen MR) is 53.9 cm³/mol. The second kappa shape index (κ2) is 3.49. The Bertz CT molecular complexity index is 406. The molecule has 0 radical (unpaired) electrons. The molecule has 1 aromatic heterocycles. The molecule has 1 aliphatic heterocycles. The highest BCUT2D eigenvalue weighted by molar-refractivity contribution is 9.10. The molecular formula is C9H7BrN2O2. The second-order valence-electron chi connectivity index (χ2n) is 3.03. The maximum absolute atomic E-state index is 11.4. The first-order valence-electron chi connectivity index (χ1n) is 4.10. The van der Waals surface area contributed by atoms with E-state index in [1.807, 2.05) is 0 Å². The van der Waals surface area contributed by atoms with Crippen molar-refractivity contribution < 1.29 is 9.59 Å². The maximum Gasteiger partial charge on any atom is 0.234 e. The van der Waals surface area contributed by atoms with Crippen molar-refractivity contribution in [2.75, 3.05) is 11.4 Å². The number of rotatable bonds is 1. The van der Waals surface area contributed by atoms with Crippen LogP contribution >= 0.6 is 15.9 Å². The number of Topliss-reactive ketones (excluding diaryl/α,β-unsaturated/α-hetero) is 1. The number of halogens is 1. The fourth-order valence-corrected chi connectivity index (χ4v) is 1.73. The normalized spacial score (nSPS) is 16.5. The topological polar surface area (TPSA) is 50.3 Å². The molecule has 2 heterocycles. The van der Waals surface area contributed by atoms with E-state index in [1.54, 1.807) is 18.3 Å². The van der Waals surface area contributed by atoms with Crippen molar-refractivity contribution in [3.63, 3.8) is 0 Å². The summed E-state index contributed by atoms with van der Waals surface area (Å²) in [6.07, 6.45) is 1.61. The molecule has 1 saturated heterocycles. The van der Waals surface area contributed by atoms with Crippen LogP contribution in [0.4, 0.5) is 5.69 Å². The Labute approximate surface area is 89.1 Å². The lowest BCUT2D eigenvalue weighted by molar-refractivity contribution is -0.121. The van der Waals surface area contributed by atoms with Crippen LogP contribution in [0.25, 0.3) is 0 Å². The van der Waals surface area contributed by atoms with Crippen molar-refractivity contribution in [3.05, 3.63) is 22.9 Å². The van der Waals surface area contributed by atoms with E-state index in [1.165, 1.54) is 4.90 Å². The summed E-state index contributed by atoms with van der Waals surface area (Å²) in [6.45, 7) is 0.176. The van der Waals surface area contributed by atoms with E-state index >= 15 is 0 Å². The Kier molecular flexibility index (Phi) is 2.33. The quantitative estimate of drug-likeness (QED) is 0.558. The van der Waals surface area contributed by atoms with Gasteiger partial charge in [0.25, 0.3) is 0 Å². The summed E-state index contributed by atoms with van der Waals surface area (Å²) in [4.78, 5) is 27.8. The highest BCUT2D eigenvalue weighted by Crippen LogP contribution is 2.21. The Morgan fingerprint density at radius 2 is 2.21 bits per heavy atom. The smallest absolute Gasteiger partial charge is 0.234 e. The van der Waals surface area contributed by atoms with Crippen molar-refractivity contribution in [3.8, 4) is 0 Å². The minimum absolute atomic E-state index is 0.0138. The molecule has 4 nitrogen and oxygen atoms in total. The molecule has 0 N–H and O–H groups in total. The lowest BCUT2D eigenvalue weighted by atomic mass is 10.3. The highest BCUT2D eigenvalue weighted by atomic mass is 79.9. The molecule has 1 aromatic rings. The largest absolute Gasteiger partial charge is 0.304 e. The molecule has 5 heteroatoms. The summed E-state index contributed by atoms with van der Waals surface area (Å²) in [7, 11) is 0. The molecule has 1 amide bonds. The minimum Gasteiger partial charge on any atom is -0.304 e. The molecule has 14 heavy (non-hydrogen) atoms. The summed E-state index contributed by atoms with van der Waals surface area (Å²) in [5.41, 5.74) is 0.711. The van der Waals surface area contributed by atoms with Crippen molar-refractivity contribution >= 4 is 33.3 Å². The molecule has 0 aromatic carbocycles. The molecule has 0 unspecified atom stereocenters. The summed E-state index contributed by atoms with van der Waals surface area (Å²) >= 11 is 3.21. The average molecular weight is 255 g/mol. The molecule has 0 bridgehead atoms. The number of carbonyl (C=O) groups is 2. The van der Waals surface area contributed by atoms with Gasteiger partial charge in [0.1, 0.15) is 4.60 Å². The van der Waals surface area contributed by atoms with Crippen molar-refractivity contribution in [2.24, 2.45) is 0 Å². The summed E-state index contributed by atoms with van der Waals surface area (Å²) in [5.74, 6) is -0.184. The molecule has 0 saturated carbocycles. The van der Waals surface area contributed by atoms with E-state index in [4.69, 9.17) is 0 Å². The fourth-order valence-electron chi connectivity index (χ4n) is 1.38. The molecule has 0 aliphatic carbocycles. The van der Waals surface area contributed by atoms with E-state index < -0.39 is 0 Å². The Morgan fingerprint density at radius 3 is 2.79 bits per heavy atom. The van der Waals surface area contributed by atoms with Crippen LogP contribution in [0.1, 0.15) is 6.42 Å². The first kappa shape index (κ1) is 9.33. The van der Waals surface area contributed by atoms with Crippen LogP contribution in [-0.2, 0) is 9.59 Å². The lowest BCUT2D eigenvalue weighted by Gasteiger charge is -2.13. The zero-order valence-corrected chi connectivity index (χ0v) is 8.82. The standard InChI is InChI=1S/C9H7BrN2O2/c10-8-3-6(1-2-11-8)12-5-7(13)4-9(12)14/h1-3H,4-5H2. The highest BCUT2D eigenvalue weighted by Gasteiger charge is 2.28. The van der Waals surface area contributed by atoms with Crippen LogP contribution in [0.3, 0.4) is 0 Å². The third kappa shape index (κ3) is 1.68. The fraction of sp³-hybridized carbons (Fsp3) is 0.222. The van der Waals surface area contributed by atoms with E-state index in [9.17, 15) is 9.59 Å². The zero-order chi connectivity index (χ0) is 10.1. The van der Waals surface area contributed by atoms with Crippen molar-refractivity contribution in [1.29, 1.82) is 0 Å². The minimum atomic E-state index is -0.145. The average Bonchev–Trinajstić information content (AvgIpc) is 2.45. The maximum atomic E-state index is 11.4. The van der Waals surface area contributed by atoms with Gasteiger partial charge in [0, 0.05) is 11.9 Å². The number of ketones is 1. The second-order valence-corrected chi connectivity index (χ2v) is 3.84. The number of hydrogen-bond acceptors (Lipinski definition) is 3. The Hall–Kier alpha value is -1.23. The number of carbonyl (C=O) groups excluding carboxylic acids is 2. The number of anilines is 1. The Balaban J connectivity index is 2.31. The van der Waals surface area contributed by atoms with E-state index in [-0.39, 0.29) is 24.7 Å². The van der Waals surface area contributed by atoms with Gasteiger partial charge < -0.3 is 4.90 Å². The molecule has 0 atom stereocenters. The predicted octanol–water partition coefficient (Wildman–Crippen LogP) is 1.15. The van der Waals surface area contributed by atoms with Gasteiger partial charge in [-0.05, 0) is 28.1 Å². The lowest BCUT2D eigenvalue weighted by Crippen LogP contribution is -2.24. The summed E-state index contributed by atoms with van der Waals surface area (Å²) in [6, 6.07) is 3.43. The van der Waals surface area contributed by atoms with Gasteiger partial charge >= 0.3 is 0 Å². The van der Waals surface area contributed by atoms with Gasteiger partial charge in [-0.25, -0.2) is 4.98 Å². The monoisotopic (exact) mass is 254 g/mol. The van der Waals surface area contributed by atoms with Crippen molar-refractivity contribution in [2.45, 2.75) is 6.42 Å². The molecule has 1 aliphatic rings. The SMILES string of the molecule is O=C1CC(=O)N(c2ccnc(Br)c2)C1. The first-order valence-corrected chi connectivity index (χ1v) is 4.90. The van der Waals surface area contributed by atoms with Gasteiger partial charge in [-0.1, -0.05) is 0 Å². The molecule has 72 valence electrons. The number of pyridine rings is 1.